The van der Waals surface area contributed by atoms with Crippen LogP contribution in [0.5, 0.6) is 0 Å². The van der Waals surface area contributed by atoms with Gasteiger partial charge in [0, 0.05) is 40.8 Å². The highest BCUT2D eigenvalue weighted by molar-refractivity contribution is 6.31. The zero-order valence-electron chi connectivity index (χ0n) is 18.5. The zero-order valence-corrected chi connectivity index (χ0v) is 19.2. The van der Waals surface area contributed by atoms with Gasteiger partial charge in [-0.3, -0.25) is 4.79 Å². The van der Waals surface area contributed by atoms with Gasteiger partial charge in [0.1, 0.15) is 0 Å². The molecule has 1 aliphatic rings. The fourth-order valence-corrected chi connectivity index (χ4v) is 5.09. The summed E-state index contributed by atoms with van der Waals surface area (Å²) in [6.07, 6.45) is 1.96. The van der Waals surface area contributed by atoms with Crippen molar-refractivity contribution in [2.45, 2.75) is 45.8 Å². The van der Waals surface area contributed by atoms with Crippen molar-refractivity contribution in [3.05, 3.63) is 104 Å². The lowest BCUT2D eigenvalue weighted by atomic mass is 9.88. The van der Waals surface area contributed by atoms with E-state index in [0.29, 0.717) is 6.54 Å². The number of nitrogens with zero attached hydrogens (tertiary/aromatic N) is 1. The second-order valence-corrected chi connectivity index (χ2v) is 9.14. The molecule has 4 heteroatoms. The van der Waals surface area contributed by atoms with Gasteiger partial charge in [0.25, 0.3) is 5.56 Å². The fourth-order valence-electron chi connectivity index (χ4n) is 4.88. The Morgan fingerprint density at radius 3 is 2.41 bits per heavy atom. The maximum Gasteiger partial charge on any atom is 0.258 e. The lowest BCUT2D eigenvalue weighted by Gasteiger charge is -2.31. The number of halogens is 1. The van der Waals surface area contributed by atoms with Crippen LogP contribution in [0, 0.1) is 13.8 Å². The van der Waals surface area contributed by atoms with E-state index < -0.39 is 0 Å². The Morgan fingerprint density at radius 1 is 0.969 bits per heavy atom. The monoisotopic (exact) mass is 442 g/mol. The van der Waals surface area contributed by atoms with Gasteiger partial charge in [-0.15, -0.1) is 0 Å². The molecular formula is C28H27ClN2O. The number of benzene rings is 3. The number of aryl methyl sites for hydroxylation is 2. The van der Waals surface area contributed by atoms with Crippen LogP contribution in [-0.2, 0) is 13.1 Å². The molecule has 162 valence electrons. The topological polar surface area (TPSA) is 34.0 Å². The van der Waals surface area contributed by atoms with Crippen molar-refractivity contribution < 1.29 is 0 Å². The standard InChI is InChI=1S/C28H27ClN2O/c1-18-15-22-23(16-19(18)2)28(32)31-14-8-13-25(30-17-21-11-6-7-12-24(21)29)27(31)26(22)20-9-4-3-5-10-20/h3-7,9-12,15-16,25,30H,8,13-14,17H2,1-2H3. The normalized spacial score (nSPS) is 15.7. The average molecular weight is 443 g/mol. The Bertz CT molecular complexity index is 1360. The molecule has 0 bridgehead atoms. The molecular weight excluding hydrogens is 416 g/mol. The molecule has 3 aromatic carbocycles. The highest BCUT2D eigenvalue weighted by Crippen LogP contribution is 2.38. The Hall–Kier alpha value is -2.88. The predicted octanol–water partition coefficient (Wildman–Crippen LogP) is 6.56. The summed E-state index contributed by atoms with van der Waals surface area (Å²) < 4.78 is 2.01. The minimum Gasteiger partial charge on any atom is -0.310 e. The van der Waals surface area contributed by atoms with Gasteiger partial charge < -0.3 is 9.88 Å². The van der Waals surface area contributed by atoms with Crippen LogP contribution in [0.1, 0.15) is 41.3 Å². The van der Waals surface area contributed by atoms with Gasteiger partial charge in [-0.25, -0.2) is 0 Å². The molecule has 1 aromatic heterocycles. The van der Waals surface area contributed by atoms with Gasteiger partial charge >= 0.3 is 0 Å². The molecule has 0 amide bonds. The van der Waals surface area contributed by atoms with Crippen LogP contribution in [-0.4, -0.2) is 4.57 Å². The number of fused-ring (bicyclic) bond motifs is 2. The third kappa shape index (κ3) is 3.66. The molecule has 1 aliphatic heterocycles. The second-order valence-electron chi connectivity index (χ2n) is 8.73. The fraction of sp³-hybridized carbons (Fsp3) is 0.250. The van der Waals surface area contributed by atoms with E-state index in [4.69, 9.17) is 11.6 Å². The van der Waals surface area contributed by atoms with Crippen molar-refractivity contribution in [1.82, 2.24) is 9.88 Å². The van der Waals surface area contributed by atoms with Gasteiger partial charge in [-0.1, -0.05) is 66.2 Å². The predicted molar refractivity (Wildman–Crippen MR) is 133 cm³/mol. The highest BCUT2D eigenvalue weighted by Gasteiger charge is 2.27. The average Bonchev–Trinajstić information content (AvgIpc) is 2.81. The summed E-state index contributed by atoms with van der Waals surface area (Å²) in [6, 6.07) is 22.7. The SMILES string of the molecule is Cc1cc2c(-c3ccccc3)c3n(c(=O)c2cc1C)CCCC3NCc1ccccc1Cl. The maximum atomic E-state index is 13.6. The first-order chi connectivity index (χ1) is 15.5. The summed E-state index contributed by atoms with van der Waals surface area (Å²) in [5, 5.41) is 6.34. The van der Waals surface area contributed by atoms with Crippen molar-refractivity contribution in [3.8, 4) is 11.1 Å². The third-order valence-corrected chi connectivity index (χ3v) is 7.06. The maximum absolute atomic E-state index is 13.6. The van der Waals surface area contributed by atoms with Crippen LogP contribution >= 0.6 is 11.6 Å². The van der Waals surface area contributed by atoms with E-state index in [0.717, 1.165) is 57.6 Å². The highest BCUT2D eigenvalue weighted by atomic mass is 35.5. The molecule has 1 unspecified atom stereocenters. The lowest BCUT2D eigenvalue weighted by molar-refractivity contribution is 0.388. The Kier molecular flexibility index (Phi) is 5.62. The first kappa shape index (κ1) is 21.0. The molecule has 0 radical (unpaired) electrons. The summed E-state index contributed by atoms with van der Waals surface area (Å²) in [6.45, 7) is 5.61. The van der Waals surface area contributed by atoms with E-state index >= 15 is 0 Å². The first-order valence-corrected chi connectivity index (χ1v) is 11.6. The van der Waals surface area contributed by atoms with Crippen molar-refractivity contribution in [3.63, 3.8) is 0 Å². The number of hydrogen-bond donors (Lipinski definition) is 1. The summed E-state index contributed by atoms with van der Waals surface area (Å²) in [7, 11) is 0. The van der Waals surface area contributed by atoms with Gasteiger partial charge in [-0.2, -0.15) is 0 Å². The summed E-state index contributed by atoms with van der Waals surface area (Å²) in [4.78, 5) is 13.6. The smallest absolute Gasteiger partial charge is 0.258 e. The van der Waals surface area contributed by atoms with E-state index in [1.54, 1.807) is 0 Å². The minimum atomic E-state index is 0.0777. The number of pyridine rings is 1. The molecule has 0 spiro atoms. The number of aromatic nitrogens is 1. The molecule has 0 saturated heterocycles. The molecule has 0 fully saturated rings. The van der Waals surface area contributed by atoms with Crippen LogP contribution in [0.4, 0.5) is 0 Å². The Balaban J connectivity index is 1.72. The van der Waals surface area contributed by atoms with Crippen LogP contribution in [0.3, 0.4) is 0 Å². The number of rotatable bonds is 4. The van der Waals surface area contributed by atoms with Crippen LogP contribution in [0.15, 0.2) is 71.5 Å². The Labute approximate surface area is 193 Å². The third-order valence-electron chi connectivity index (χ3n) is 6.69. The van der Waals surface area contributed by atoms with Crippen LogP contribution in [0.25, 0.3) is 21.9 Å². The van der Waals surface area contributed by atoms with Crippen molar-refractivity contribution >= 4 is 22.4 Å². The van der Waals surface area contributed by atoms with E-state index in [1.165, 1.54) is 11.1 Å². The van der Waals surface area contributed by atoms with Crippen LogP contribution < -0.4 is 10.9 Å². The second kappa shape index (κ2) is 8.57. The molecule has 0 saturated carbocycles. The van der Waals surface area contributed by atoms with Crippen LogP contribution in [0.2, 0.25) is 5.02 Å². The van der Waals surface area contributed by atoms with Crippen molar-refractivity contribution in [2.75, 3.05) is 0 Å². The van der Waals surface area contributed by atoms with Gasteiger partial charge in [0.05, 0.1) is 0 Å². The summed E-state index contributed by atoms with van der Waals surface area (Å²) in [5.41, 5.74) is 6.95. The summed E-state index contributed by atoms with van der Waals surface area (Å²) in [5.74, 6) is 0. The van der Waals surface area contributed by atoms with Crippen molar-refractivity contribution in [1.29, 1.82) is 0 Å². The van der Waals surface area contributed by atoms with E-state index in [2.05, 4.69) is 61.6 Å². The van der Waals surface area contributed by atoms with Gasteiger partial charge in [0.15, 0.2) is 0 Å². The minimum absolute atomic E-state index is 0.0777. The molecule has 0 aliphatic carbocycles. The number of hydrogen-bond acceptors (Lipinski definition) is 2. The largest absolute Gasteiger partial charge is 0.310 e. The lowest BCUT2D eigenvalue weighted by Crippen LogP contribution is -2.35. The van der Waals surface area contributed by atoms with Gasteiger partial charge in [0.2, 0.25) is 0 Å². The summed E-state index contributed by atoms with van der Waals surface area (Å²) >= 11 is 6.41. The van der Waals surface area contributed by atoms with E-state index in [9.17, 15) is 4.79 Å². The van der Waals surface area contributed by atoms with Crippen molar-refractivity contribution in [2.24, 2.45) is 0 Å². The molecule has 3 nitrogen and oxygen atoms in total. The quantitative estimate of drug-likeness (QED) is 0.388. The molecule has 4 aromatic rings. The number of nitrogens with one attached hydrogen (secondary N) is 1. The molecule has 2 heterocycles. The van der Waals surface area contributed by atoms with Gasteiger partial charge in [-0.05, 0) is 66.5 Å². The van der Waals surface area contributed by atoms with E-state index in [1.807, 2.05) is 28.8 Å². The molecule has 32 heavy (non-hydrogen) atoms. The molecule has 1 atom stereocenters. The Morgan fingerprint density at radius 2 is 1.66 bits per heavy atom. The zero-order chi connectivity index (χ0) is 22.2. The first-order valence-electron chi connectivity index (χ1n) is 11.2. The molecule has 5 rings (SSSR count). The molecule has 1 N–H and O–H groups in total. The van der Waals surface area contributed by atoms with E-state index in [-0.39, 0.29) is 11.6 Å².